The molecule has 1 unspecified atom stereocenters. The molecule has 1 heterocycles. The van der Waals surface area contributed by atoms with E-state index in [1.807, 2.05) is 0 Å². The van der Waals surface area contributed by atoms with Crippen molar-refractivity contribution in [2.75, 3.05) is 0 Å². The van der Waals surface area contributed by atoms with Crippen molar-refractivity contribution in [2.45, 2.75) is 12.5 Å². The zero-order valence-corrected chi connectivity index (χ0v) is 7.53. The van der Waals surface area contributed by atoms with E-state index in [4.69, 9.17) is 23.1 Å². The van der Waals surface area contributed by atoms with Crippen LogP contribution in [-0.2, 0) is 11.2 Å². The lowest BCUT2D eigenvalue weighted by atomic mass is 10.1. The minimum atomic E-state index is -0.731. The van der Waals surface area contributed by atoms with Gasteiger partial charge in [-0.2, -0.15) is 0 Å². The van der Waals surface area contributed by atoms with Crippen molar-refractivity contribution in [3.05, 3.63) is 23.2 Å². The summed E-state index contributed by atoms with van der Waals surface area (Å²) in [5.74, 6) is -0.560. The Bertz CT molecular complexity index is 317. The summed E-state index contributed by atoms with van der Waals surface area (Å²) in [4.78, 5) is 18.2. The average Bonchev–Trinajstić information content (AvgIpc) is 2.04. The largest absolute Gasteiger partial charge is 0.368 e. The molecule has 0 aliphatic heterocycles. The molecule has 0 aromatic carbocycles. The van der Waals surface area contributed by atoms with Gasteiger partial charge in [0.15, 0.2) is 0 Å². The number of halogens is 1. The Morgan fingerprint density at radius 2 is 2.38 bits per heavy atom. The summed E-state index contributed by atoms with van der Waals surface area (Å²) in [7, 11) is 0. The Labute approximate surface area is 80.1 Å². The number of rotatable bonds is 3. The van der Waals surface area contributed by atoms with Gasteiger partial charge in [-0.25, -0.2) is 9.97 Å². The molecule has 1 aromatic heterocycles. The van der Waals surface area contributed by atoms with E-state index < -0.39 is 11.9 Å². The van der Waals surface area contributed by atoms with Gasteiger partial charge in [0.05, 0.1) is 6.04 Å². The molecule has 1 aromatic rings. The predicted octanol–water partition coefficient (Wildman–Crippen LogP) is -0.515. The van der Waals surface area contributed by atoms with Gasteiger partial charge in [0.1, 0.15) is 0 Å². The second-order valence-electron chi connectivity index (χ2n) is 2.53. The van der Waals surface area contributed by atoms with Crippen LogP contribution in [0.4, 0.5) is 0 Å². The van der Waals surface area contributed by atoms with Gasteiger partial charge in [-0.05, 0) is 17.7 Å². The fraction of sp³-hybridized carbons (Fsp3) is 0.286. The Hall–Kier alpha value is -1.20. The number of primary amides is 1. The topological polar surface area (TPSA) is 94.9 Å². The van der Waals surface area contributed by atoms with Crippen LogP contribution >= 0.6 is 11.6 Å². The molecule has 1 amide bonds. The number of nitrogens with zero attached hydrogens (tertiary/aromatic N) is 2. The number of carbonyl (C=O) groups excluding carboxylic acids is 1. The van der Waals surface area contributed by atoms with Crippen LogP contribution in [0.1, 0.15) is 5.69 Å². The van der Waals surface area contributed by atoms with Crippen molar-refractivity contribution in [2.24, 2.45) is 11.5 Å². The van der Waals surface area contributed by atoms with Gasteiger partial charge in [-0.3, -0.25) is 4.79 Å². The zero-order valence-electron chi connectivity index (χ0n) is 6.77. The van der Waals surface area contributed by atoms with Crippen molar-refractivity contribution in [1.29, 1.82) is 0 Å². The Kier molecular flexibility index (Phi) is 3.16. The van der Waals surface area contributed by atoms with Crippen LogP contribution in [0.2, 0.25) is 5.28 Å². The number of nitrogens with two attached hydrogens (primary N) is 2. The second kappa shape index (κ2) is 4.15. The maximum atomic E-state index is 10.6. The summed E-state index contributed by atoms with van der Waals surface area (Å²) >= 11 is 5.53. The van der Waals surface area contributed by atoms with E-state index in [9.17, 15) is 4.79 Å². The second-order valence-corrected chi connectivity index (χ2v) is 2.87. The monoisotopic (exact) mass is 200 g/mol. The molecular formula is C7H9ClN4O. The van der Waals surface area contributed by atoms with E-state index in [0.29, 0.717) is 5.69 Å². The summed E-state index contributed by atoms with van der Waals surface area (Å²) in [6.45, 7) is 0. The molecule has 0 bridgehead atoms. The molecule has 1 atom stereocenters. The maximum Gasteiger partial charge on any atom is 0.234 e. The van der Waals surface area contributed by atoms with Crippen LogP contribution in [0.25, 0.3) is 0 Å². The van der Waals surface area contributed by atoms with Gasteiger partial charge < -0.3 is 11.5 Å². The lowest BCUT2D eigenvalue weighted by Crippen LogP contribution is -2.38. The SMILES string of the molecule is NC(=O)C(N)Cc1ccnc(Cl)n1. The molecule has 0 saturated carbocycles. The average molecular weight is 201 g/mol. The molecule has 5 nitrogen and oxygen atoms in total. The zero-order chi connectivity index (χ0) is 9.84. The smallest absolute Gasteiger partial charge is 0.234 e. The molecular weight excluding hydrogens is 192 g/mol. The summed E-state index contributed by atoms with van der Waals surface area (Å²) in [6.07, 6.45) is 1.77. The van der Waals surface area contributed by atoms with Crippen molar-refractivity contribution in [1.82, 2.24) is 9.97 Å². The maximum absolute atomic E-state index is 10.6. The summed E-state index contributed by atoms with van der Waals surface area (Å²) in [5.41, 5.74) is 11.0. The van der Waals surface area contributed by atoms with Crippen molar-refractivity contribution in [3.63, 3.8) is 0 Å². The summed E-state index contributed by atoms with van der Waals surface area (Å²) in [5, 5.41) is 0.133. The molecule has 0 aliphatic rings. The third-order valence-corrected chi connectivity index (χ3v) is 1.66. The molecule has 13 heavy (non-hydrogen) atoms. The van der Waals surface area contributed by atoms with Crippen LogP contribution < -0.4 is 11.5 Å². The number of hydrogen-bond acceptors (Lipinski definition) is 4. The fourth-order valence-corrected chi connectivity index (χ4v) is 0.974. The highest BCUT2D eigenvalue weighted by molar-refractivity contribution is 6.28. The first-order chi connectivity index (χ1) is 6.09. The molecule has 0 spiro atoms. The van der Waals surface area contributed by atoms with Gasteiger partial charge in [-0.15, -0.1) is 0 Å². The van der Waals surface area contributed by atoms with Crippen molar-refractivity contribution in [3.8, 4) is 0 Å². The number of amides is 1. The molecule has 4 N–H and O–H groups in total. The Morgan fingerprint density at radius 1 is 1.69 bits per heavy atom. The van der Waals surface area contributed by atoms with E-state index in [2.05, 4.69) is 9.97 Å². The quantitative estimate of drug-likeness (QED) is 0.643. The highest BCUT2D eigenvalue weighted by Gasteiger charge is 2.10. The van der Waals surface area contributed by atoms with E-state index >= 15 is 0 Å². The third kappa shape index (κ3) is 2.96. The highest BCUT2D eigenvalue weighted by atomic mass is 35.5. The summed E-state index contributed by atoms with van der Waals surface area (Å²) in [6, 6.07) is 0.903. The third-order valence-electron chi connectivity index (χ3n) is 1.48. The van der Waals surface area contributed by atoms with Crippen LogP contribution in [0.15, 0.2) is 12.3 Å². The van der Waals surface area contributed by atoms with Gasteiger partial charge in [0.25, 0.3) is 0 Å². The minimum Gasteiger partial charge on any atom is -0.368 e. The van der Waals surface area contributed by atoms with E-state index in [1.165, 1.54) is 6.20 Å². The van der Waals surface area contributed by atoms with E-state index in [1.54, 1.807) is 6.07 Å². The minimum absolute atomic E-state index is 0.133. The first-order valence-electron chi connectivity index (χ1n) is 3.62. The van der Waals surface area contributed by atoms with Crippen LogP contribution in [0.3, 0.4) is 0 Å². The van der Waals surface area contributed by atoms with E-state index in [-0.39, 0.29) is 11.7 Å². The van der Waals surface area contributed by atoms with Gasteiger partial charge in [0, 0.05) is 18.3 Å². The molecule has 0 aliphatic carbocycles. The van der Waals surface area contributed by atoms with E-state index in [0.717, 1.165) is 0 Å². The van der Waals surface area contributed by atoms with Gasteiger partial charge in [0.2, 0.25) is 11.2 Å². The van der Waals surface area contributed by atoms with Gasteiger partial charge >= 0.3 is 0 Å². The molecule has 1 rings (SSSR count). The van der Waals surface area contributed by atoms with Crippen LogP contribution in [0, 0.1) is 0 Å². The summed E-state index contributed by atoms with van der Waals surface area (Å²) < 4.78 is 0. The number of aromatic nitrogens is 2. The molecule has 70 valence electrons. The molecule has 0 fully saturated rings. The first kappa shape index (κ1) is 9.88. The Balaban J connectivity index is 2.69. The number of carbonyl (C=O) groups is 1. The highest BCUT2D eigenvalue weighted by Crippen LogP contribution is 2.02. The molecule has 6 heteroatoms. The van der Waals surface area contributed by atoms with Crippen LogP contribution in [0.5, 0.6) is 0 Å². The van der Waals surface area contributed by atoms with Crippen molar-refractivity contribution < 1.29 is 4.79 Å². The predicted molar refractivity (Wildman–Crippen MR) is 47.9 cm³/mol. The molecule has 0 radical (unpaired) electrons. The lowest BCUT2D eigenvalue weighted by molar-refractivity contribution is -0.119. The Morgan fingerprint density at radius 3 is 2.92 bits per heavy atom. The fourth-order valence-electron chi connectivity index (χ4n) is 0.809. The standard InChI is InChI=1S/C7H9ClN4O/c8-7-11-2-1-4(12-7)3-5(9)6(10)13/h1-2,5H,3,9H2,(H2,10,13). The van der Waals surface area contributed by atoms with Crippen molar-refractivity contribution >= 4 is 17.5 Å². The lowest BCUT2D eigenvalue weighted by Gasteiger charge is -2.05. The van der Waals surface area contributed by atoms with Gasteiger partial charge in [-0.1, -0.05) is 0 Å². The number of hydrogen-bond donors (Lipinski definition) is 2. The first-order valence-corrected chi connectivity index (χ1v) is 3.99. The normalized spacial score (nSPS) is 12.5. The van der Waals surface area contributed by atoms with Crippen LogP contribution in [-0.4, -0.2) is 21.9 Å². The molecule has 0 saturated heterocycles.